The lowest BCUT2D eigenvalue weighted by Crippen LogP contribution is -2.56. The Labute approximate surface area is 163 Å². The van der Waals surface area contributed by atoms with Crippen molar-refractivity contribution in [3.63, 3.8) is 0 Å². The van der Waals surface area contributed by atoms with E-state index in [2.05, 4.69) is 11.8 Å². The molecule has 3 amide bonds. The highest BCUT2D eigenvalue weighted by Crippen LogP contribution is 2.39. The molecular weight excluding hydrogens is 342 g/mol. The zero-order valence-corrected chi connectivity index (χ0v) is 17.0. The third-order valence-corrected chi connectivity index (χ3v) is 6.79. The Morgan fingerprint density at radius 3 is 2.48 bits per heavy atom. The molecule has 1 atom stereocenters. The van der Waals surface area contributed by atoms with Gasteiger partial charge in [0.15, 0.2) is 0 Å². The van der Waals surface area contributed by atoms with Gasteiger partial charge in [-0.3, -0.25) is 14.4 Å². The van der Waals surface area contributed by atoms with Gasteiger partial charge < -0.3 is 14.7 Å². The van der Waals surface area contributed by atoms with Crippen molar-refractivity contribution in [2.45, 2.75) is 65.2 Å². The summed E-state index contributed by atoms with van der Waals surface area (Å²) in [5, 5.41) is 0. The zero-order valence-electron chi connectivity index (χ0n) is 17.0. The van der Waals surface area contributed by atoms with Crippen molar-refractivity contribution in [3.05, 3.63) is 0 Å². The molecule has 3 heterocycles. The molecule has 3 aliphatic heterocycles. The first-order valence-electron chi connectivity index (χ1n) is 10.8. The third-order valence-electron chi connectivity index (χ3n) is 6.79. The van der Waals surface area contributed by atoms with E-state index in [0.717, 1.165) is 71.1 Å². The molecule has 27 heavy (non-hydrogen) atoms. The fourth-order valence-corrected chi connectivity index (χ4v) is 5.08. The van der Waals surface area contributed by atoms with Crippen LogP contribution in [0.3, 0.4) is 0 Å². The van der Waals surface area contributed by atoms with Gasteiger partial charge in [-0.2, -0.15) is 0 Å². The monoisotopic (exact) mass is 377 g/mol. The summed E-state index contributed by atoms with van der Waals surface area (Å²) >= 11 is 0. The second-order valence-electron chi connectivity index (χ2n) is 8.81. The van der Waals surface area contributed by atoms with Crippen molar-refractivity contribution in [2.24, 2.45) is 11.3 Å². The summed E-state index contributed by atoms with van der Waals surface area (Å²) < 4.78 is 0. The molecule has 0 radical (unpaired) electrons. The van der Waals surface area contributed by atoms with Crippen LogP contribution in [0, 0.1) is 11.3 Å². The molecule has 0 saturated carbocycles. The molecular formula is C21H35N3O3. The second-order valence-corrected chi connectivity index (χ2v) is 8.81. The van der Waals surface area contributed by atoms with Gasteiger partial charge in [0, 0.05) is 63.9 Å². The number of carbonyl (C=O) groups is 3. The Morgan fingerprint density at radius 2 is 1.81 bits per heavy atom. The lowest BCUT2D eigenvalue weighted by atomic mass is 9.73. The van der Waals surface area contributed by atoms with Crippen molar-refractivity contribution < 1.29 is 14.4 Å². The number of carbonyl (C=O) groups excluding carboxylic acids is 3. The van der Waals surface area contributed by atoms with Crippen LogP contribution in [0.1, 0.15) is 65.2 Å². The Morgan fingerprint density at radius 1 is 1.07 bits per heavy atom. The lowest BCUT2D eigenvalue weighted by Gasteiger charge is -2.49. The van der Waals surface area contributed by atoms with Crippen LogP contribution in [-0.4, -0.2) is 71.7 Å². The van der Waals surface area contributed by atoms with Crippen molar-refractivity contribution in [3.8, 4) is 0 Å². The molecule has 0 aliphatic carbocycles. The molecule has 3 aliphatic rings. The summed E-state index contributed by atoms with van der Waals surface area (Å²) in [7, 11) is 0. The molecule has 6 nitrogen and oxygen atoms in total. The summed E-state index contributed by atoms with van der Waals surface area (Å²) in [6.45, 7) is 8.47. The highest BCUT2D eigenvalue weighted by Gasteiger charge is 2.43. The van der Waals surface area contributed by atoms with Gasteiger partial charge in [0.1, 0.15) is 0 Å². The molecule has 0 unspecified atom stereocenters. The van der Waals surface area contributed by atoms with Crippen LogP contribution in [0.15, 0.2) is 0 Å². The SMILES string of the molecule is CCCCN1C[C@@]2(CCCN(C(=O)C3CCN(C(C)=O)CC3)C2)CCC1=O. The fourth-order valence-electron chi connectivity index (χ4n) is 5.08. The number of rotatable bonds is 4. The van der Waals surface area contributed by atoms with Gasteiger partial charge >= 0.3 is 0 Å². The summed E-state index contributed by atoms with van der Waals surface area (Å²) in [6, 6.07) is 0. The van der Waals surface area contributed by atoms with Crippen molar-refractivity contribution >= 4 is 17.7 Å². The second kappa shape index (κ2) is 8.61. The van der Waals surface area contributed by atoms with E-state index >= 15 is 0 Å². The van der Waals surface area contributed by atoms with Gasteiger partial charge in [0.2, 0.25) is 17.7 Å². The molecule has 1 spiro atoms. The van der Waals surface area contributed by atoms with Gasteiger partial charge in [-0.25, -0.2) is 0 Å². The van der Waals surface area contributed by atoms with Crippen LogP contribution in [-0.2, 0) is 14.4 Å². The normalized spacial score (nSPS) is 27.3. The van der Waals surface area contributed by atoms with Crippen LogP contribution in [0.2, 0.25) is 0 Å². The molecule has 3 fully saturated rings. The van der Waals surface area contributed by atoms with E-state index in [0.29, 0.717) is 19.5 Å². The molecule has 3 saturated heterocycles. The Hall–Kier alpha value is -1.59. The van der Waals surface area contributed by atoms with Crippen LogP contribution < -0.4 is 0 Å². The molecule has 152 valence electrons. The van der Waals surface area contributed by atoms with Gasteiger partial charge in [-0.1, -0.05) is 13.3 Å². The van der Waals surface area contributed by atoms with Gasteiger partial charge in [0.05, 0.1) is 0 Å². The van der Waals surface area contributed by atoms with E-state index in [1.54, 1.807) is 6.92 Å². The molecule has 0 N–H and O–H groups in total. The van der Waals surface area contributed by atoms with E-state index in [1.807, 2.05) is 9.80 Å². The lowest BCUT2D eigenvalue weighted by molar-refractivity contribution is -0.147. The maximum absolute atomic E-state index is 13.1. The quantitative estimate of drug-likeness (QED) is 0.755. The first-order chi connectivity index (χ1) is 12.9. The van der Waals surface area contributed by atoms with E-state index in [9.17, 15) is 14.4 Å². The van der Waals surface area contributed by atoms with Gasteiger partial charge in [0.25, 0.3) is 0 Å². The molecule has 3 rings (SSSR count). The van der Waals surface area contributed by atoms with Crippen LogP contribution >= 0.6 is 0 Å². The third kappa shape index (κ3) is 4.64. The molecule has 0 aromatic carbocycles. The van der Waals surface area contributed by atoms with Crippen molar-refractivity contribution in [1.82, 2.24) is 14.7 Å². The summed E-state index contributed by atoms with van der Waals surface area (Å²) in [5.74, 6) is 0.720. The van der Waals surface area contributed by atoms with Gasteiger partial charge in [-0.05, 0) is 38.5 Å². The first-order valence-corrected chi connectivity index (χ1v) is 10.8. The maximum Gasteiger partial charge on any atom is 0.225 e. The predicted molar refractivity (Wildman–Crippen MR) is 104 cm³/mol. The first kappa shape index (κ1) is 20.2. The predicted octanol–water partition coefficient (Wildman–Crippen LogP) is 2.28. The average molecular weight is 378 g/mol. The molecule has 6 heteroatoms. The number of unbranched alkanes of at least 4 members (excludes halogenated alkanes) is 1. The molecule has 0 aromatic rings. The Bertz CT molecular complexity index is 571. The van der Waals surface area contributed by atoms with E-state index in [-0.39, 0.29) is 29.1 Å². The summed E-state index contributed by atoms with van der Waals surface area (Å²) in [4.78, 5) is 42.9. The molecule has 0 aromatic heterocycles. The summed E-state index contributed by atoms with van der Waals surface area (Å²) in [6.07, 6.45) is 7.42. The number of nitrogens with zero attached hydrogens (tertiary/aromatic N) is 3. The van der Waals surface area contributed by atoms with Crippen LogP contribution in [0.5, 0.6) is 0 Å². The van der Waals surface area contributed by atoms with Gasteiger partial charge in [-0.15, -0.1) is 0 Å². The van der Waals surface area contributed by atoms with Crippen LogP contribution in [0.25, 0.3) is 0 Å². The Balaban J connectivity index is 1.59. The maximum atomic E-state index is 13.1. The number of piperidine rings is 3. The Kier molecular flexibility index (Phi) is 6.43. The van der Waals surface area contributed by atoms with E-state index in [4.69, 9.17) is 0 Å². The fraction of sp³-hybridized carbons (Fsp3) is 0.857. The van der Waals surface area contributed by atoms with Crippen molar-refractivity contribution in [1.29, 1.82) is 0 Å². The number of hydrogen-bond donors (Lipinski definition) is 0. The standard InChI is InChI=1S/C21H35N3O3/c1-3-4-11-23-15-21(10-6-19(23)26)9-5-12-24(16-21)20(27)18-7-13-22(14-8-18)17(2)25/h18H,3-16H2,1-2H3/t21-/m1/s1. The zero-order chi connectivity index (χ0) is 19.4. The van der Waals surface area contributed by atoms with E-state index in [1.165, 1.54) is 0 Å². The molecule has 0 bridgehead atoms. The van der Waals surface area contributed by atoms with Crippen molar-refractivity contribution in [2.75, 3.05) is 39.3 Å². The largest absolute Gasteiger partial charge is 0.343 e. The summed E-state index contributed by atoms with van der Waals surface area (Å²) in [5.41, 5.74) is 0.0929. The topological polar surface area (TPSA) is 60.9 Å². The average Bonchev–Trinajstić information content (AvgIpc) is 2.68. The minimum Gasteiger partial charge on any atom is -0.343 e. The highest BCUT2D eigenvalue weighted by atomic mass is 16.2. The highest BCUT2D eigenvalue weighted by molar-refractivity contribution is 5.80. The number of amides is 3. The smallest absolute Gasteiger partial charge is 0.225 e. The number of hydrogen-bond acceptors (Lipinski definition) is 3. The van der Waals surface area contributed by atoms with Crippen LogP contribution in [0.4, 0.5) is 0 Å². The number of likely N-dealkylation sites (tertiary alicyclic amines) is 3. The minimum atomic E-state index is 0.0529. The van der Waals surface area contributed by atoms with E-state index < -0.39 is 0 Å². The minimum absolute atomic E-state index is 0.0529.